The molecule has 0 heterocycles. The van der Waals surface area contributed by atoms with Crippen molar-refractivity contribution in [2.75, 3.05) is 6.54 Å². The van der Waals surface area contributed by atoms with Crippen LogP contribution in [0.3, 0.4) is 0 Å². The summed E-state index contributed by atoms with van der Waals surface area (Å²) in [5, 5.41) is 3.07. The van der Waals surface area contributed by atoms with Crippen molar-refractivity contribution in [2.45, 2.75) is 62.3 Å². The van der Waals surface area contributed by atoms with Gasteiger partial charge in [0.2, 0.25) is 15.9 Å². The molecule has 29 heavy (non-hydrogen) atoms. The summed E-state index contributed by atoms with van der Waals surface area (Å²) < 4.78 is 27.8. The lowest BCUT2D eigenvalue weighted by Crippen LogP contribution is -2.34. The van der Waals surface area contributed by atoms with Crippen LogP contribution in [0.2, 0.25) is 0 Å². The smallest absolute Gasteiger partial charge is 0.240 e. The summed E-state index contributed by atoms with van der Waals surface area (Å²) in [7, 11) is -3.60. The SMILES string of the molecule is O=C(CCNS(=O)(=O)c1ccc2c(c1)CCCC2)N[C@@H]1CCCc2ccccc21. The van der Waals surface area contributed by atoms with Crippen molar-refractivity contribution in [3.8, 4) is 0 Å². The zero-order valence-corrected chi connectivity index (χ0v) is 17.4. The highest BCUT2D eigenvalue weighted by atomic mass is 32.2. The Hall–Kier alpha value is -2.18. The molecule has 0 spiro atoms. The molecule has 6 heteroatoms. The third-order valence-electron chi connectivity index (χ3n) is 5.98. The lowest BCUT2D eigenvalue weighted by atomic mass is 9.88. The number of nitrogens with one attached hydrogen (secondary N) is 2. The third kappa shape index (κ3) is 4.70. The Balaban J connectivity index is 1.32. The predicted octanol–water partition coefficient (Wildman–Crippen LogP) is 3.43. The van der Waals surface area contributed by atoms with Gasteiger partial charge in [-0.2, -0.15) is 0 Å². The molecular weight excluding hydrogens is 384 g/mol. The first-order valence-corrected chi connectivity index (χ1v) is 12.0. The van der Waals surface area contributed by atoms with Gasteiger partial charge >= 0.3 is 0 Å². The minimum atomic E-state index is -3.60. The van der Waals surface area contributed by atoms with E-state index >= 15 is 0 Å². The summed E-state index contributed by atoms with van der Waals surface area (Å²) in [5.74, 6) is -0.125. The average molecular weight is 413 g/mol. The van der Waals surface area contributed by atoms with Crippen molar-refractivity contribution in [3.05, 3.63) is 64.7 Å². The number of fused-ring (bicyclic) bond motifs is 2. The summed E-state index contributed by atoms with van der Waals surface area (Å²) in [6, 6.07) is 13.6. The van der Waals surface area contributed by atoms with E-state index < -0.39 is 10.0 Å². The van der Waals surface area contributed by atoms with Crippen LogP contribution in [0, 0.1) is 0 Å². The summed E-state index contributed by atoms with van der Waals surface area (Å²) in [6.45, 7) is 0.0968. The molecule has 2 N–H and O–H groups in total. The normalized spacial score (nSPS) is 18.6. The second-order valence-electron chi connectivity index (χ2n) is 8.00. The van der Waals surface area contributed by atoms with Crippen LogP contribution in [0.5, 0.6) is 0 Å². The van der Waals surface area contributed by atoms with Crippen LogP contribution < -0.4 is 10.0 Å². The molecule has 0 radical (unpaired) electrons. The first-order valence-electron chi connectivity index (χ1n) is 10.5. The quantitative estimate of drug-likeness (QED) is 0.763. The van der Waals surface area contributed by atoms with Crippen LogP contribution in [-0.4, -0.2) is 20.9 Å². The van der Waals surface area contributed by atoms with Crippen molar-refractivity contribution >= 4 is 15.9 Å². The summed E-state index contributed by atoms with van der Waals surface area (Å²) in [4.78, 5) is 12.7. The maximum Gasteiger partial charge on any atom is 0.240 e. The highest BCUT2D eigenvalue weighted by Crippen LogP contribution is 2.29. The number of rotatable bonds is 6. The summed E-state index contributed by atoms with van der Waals surface area (Å²) in [5.41, 5.74) is 4.86. The molecule has 4 rings (SSSR count). The molecule has 2 aliphatic rings. The number of carbonyl (C=O) groups excluding carboxylic acids is 1. The van der Waals surface area contributed by atoms with Crippen LogP contribution in [0.4, 0.5) is 0 Å². The minimum Gasteiger partial charge on any atom is -0.349 e. The van der Waals surface area contributed by atoms with Gasteiger partial charge < -0.3 is 5.32 Å². The largest absolute Gasteiger partial charge is 0.349 e. The van der Waals surface area contributed by atoms with Gasteiger partial charge in [0.25, 0.3) is 0 Å². The molecule has 0 fully saturated rings. The number of benzene rings is 2. The van der Waals surface area contributed by atoms with Crippen LogP contribution >= 0.6 is 0 Å². The zero-order chi connectivity index (χ0) is 20.3. The maximum atomic E-state index is 12.6. The van der Waals surface area contributed by atoms with E-state index in [9.17, 15) is 13.2 Å². The number of carbonyl (C=O) groups is 1. The predicted molar refractivity (Wildman–Crippen MR) is 113 cm³/mol. The molecule has 1 atom stereocenters. The van der Waals surface area contributed by atoms with E-state index in [1.54, 1.807) is 12.1 Å². The molecule has 0 saturated carbocycles. The average Bonchev–Trinajstić information content (AvgIpc) is 2.73. The Morgan fingerprint density at radius 1 is 0.931 bits per heavy atom. The van der Waals surface area contributed by atoms with Crippen LogP contribution in [0.15, 0.2) is 47.4 Å². The third-order valence-corrected chi connectivity index (χ3v) is 7.44. The van der Waals surface area contributed by atoms with Gasteiger partial charge in [-0.05, 0) is 79.3 Å². The Kier molecular flexibility index (Phi) is 6.01. The van der Waals surface area contributed by atoms with Gasteiger partial charge in [-0.3, -0.25) is 4.79 Å². The first-order chi connectivity index (χ1) is 14.0. The standard InChI is InChI=1S/C23H28N2O3S/c26-23(25-22-11-5-9-18-7-3-4-10-21(18)22)14-15-24-29(27,28)20-13-12-17-6-1-2-8-19(17)16-20/h3-4,7,10,12-13,16,22,24H,1-2,5-6,8-9,11,14-15H2,(H,25,26)/t22-/m1/s1. The number of aryl methyl sites for hydroxylation is 3. The van der Waals surface area contributed by atoms with Crippen molar-refractivity contribution in [1.29, 1.82) is 0 Å². The van der Waals surface area contributed by atoms with Crippen LogP contribution in [-0.2, 0) is 34.1 Å². The lowest BCUT2D eigenvalue weighted by Gasteiger charge is -2.26. The molecule has 2 aliphatic carbocycles. The fourth-order valence-electron chi connectivity index (χ4n) is 4.43. The first kappa shape index (κ1) is 20.1. The van der Waals surface area contributed by atoms with E-state index in [1.165, 1.54) is 16.7 Å². The second kappa shape index (κ2) is 8.67. The topological polar surface area (TPSA) is 75.3 Å². The van der Waals surface area contributed by atoms with Gasteiger partial charge in [-0.15, -0.1) is 0 Å². The van der Waals surface area contributed by atoms with Crippen molar-refractivity contribution in [3.63, 3.8) is 0 Å². The summed E-state index contributed by atoms with van der Waals surface area (Å²) >= 11 is 0. The monoisotopic (exact) mass is 412 g/mol. The minimum absolute atomic E-state index is 0.0182. The molecule has 0 aliphatic heterocycles. The molecule has 0 aromatic heterocycles. The molecular formula is C23H28N2O3S. The Morgan fingerprint density at radius 2 is 1.69 bits per heavy atom. The lowest BCUT2D eigenvalue weighted by molar-refractivity contribution is -0.121. The van der Waals surface area contributed by atoms with Crippen LogP contribution in [0.25, 0.3) is 0 Å². The maximum absolute atomic E-state index is 12.6. The molecule has 5 nitrogen and oxygen atoms in total. The van der Waals surface area contributed by atoms with E-state index in [1.807, 2.05) is 18.2 Å². The van der Waals surface area contributed by atoms with E-state index in [-0.39, 0.29) is 24.9 Å². The van der Waals surface area contributed by atoms with Crippen molar-refractivity contribution in [1.82, 2.24) is 10.0 Å². The Labute approximate surface area is 173 Å². The zero-order valence-electron chi connectivity index (χ0n) is 16.6. The second-order valence-corrected chi connectivity index (χ2v) is 9.76. The van der Waals surface area contributed by atoms with Gasteiger partial charge in [-0.1, -0.05) is 30.3 Å². The van der Waals surface area contributed by atoms with E-state index in [0.717, 1.165) is 50.5 Å². The number of hydrogen-bond donors (Lipinski definition) is 2. The number of hydrogen-bond acceptors (Lipinski definition) is 3. The number of sulfonamides is 1. The van der Waals surface area contributed by atoms with Crippen LogP contribution in [0.1, 0.15) is 60.4 Å². The van der Waals surface area contributed by atoms with Crippen molar-refractivity contribution < 1.29 is 13.2 Å². The van der Waals surface area contributed by atoms with E-state index in [4.69, 9.17) is 0 Å². The summed E-state index contributed by atoms with van der Waals surface area (Å²) in [6.07, 6.45) is 7.37. The van der Waals surface area contributed by atoms with E-state index in [2.05, 4.69) is 22.2 Å². The fraction of sp³-hybridized carbons (Fsp3) is 0.435. The molecule has 154 valence electrons. The van der Waals surface area contributed by atoms with Gasteiger partial charge in [-0.25, -0.2) is 13.1 Å². The molecule has 0 bridgehead atoms. The van der Waals surface area contributed by atoms with Crippen molar-refractivity contribution in [2.24, 2.45) is 0 Å². The molecule has 2 aromatic carbocycles. The van der Waals surface area contributed by atoms with Gasteiger partial charge in [0.15, 0.2) is 0 Å². The van der Waals surface area contributed by atoms with Gasteiger partial charge in [0.05, 0.1) is 10.9 Å². The highest BCUT2D eigenvalue weighted by molar-refractivity contribution is 7.89. The number of amides is 1. The molecule has 2 aromatic rings. The Bertz CT molecular complexity index is 1000. The highest BCUT2D eigenvalue weighted by Gasteiger charge is 2.22. The fourth-order valence-corrected chi connectivity index (χ4v) is 5.51. The molecule has 0 unspecified atom stereocenters. The van der Waals surface area contributed by atoms with Gasteiger partial charge in [0.1, 0.15) is 0 Å². The molecule has 1 amide bonds. The van der Waals surface area contributed by atoms with Gasteiger partial charge in [0, 0.05) is 13.0 Å². The van der Waals surface area contributed by atoms with E-state index in [0.29, 0.717) is 4.90 Å². The Morgan fingerprint density at radius 3 is 2.55 bits per heavy atom. The molecule has 0 saturated heterocycles.